The second kappa shape index (κ2) is 6.55. The molecule has 1 aliphatic rings. The number of fused-ring (bicyclic) bond motifs is 1. The molecule has 1 fully saturated rings. The molecule has 26 heavy (non-hydrogen) atoms. The zero-order valence-corrected chi connectivity index (χ0v) is 13.9. The predicted octanol–water partition coefficient (Wildman–Crippen LogP) is 4.47. The van der Waals surface area contributed by atoms with Crippen LogP contribution in [0.2, 0.25) is 0 Å². The van der Waals surface area contributed by atoms with Gasteiger partial charge in [-0.05, 0) is 37.1 Å². The van der Waals surface area contributed by atoms with Gasteiger partial charge in [0.15, 0.2) is 5.82 Å². The number of hydrogen-bond donors (Lipinski definition) is 0. The van der Waals surface area contributed by atoms with Crippen molar-refractivity contribution in [2.75, 3.05) is 18.0 Å². The topological polar surface area (TPSA) is 41.9 Å². The van der Waals surface area contributed by atoms with Crippen LogP contribution >= 0.6 is 0 Å². The van der Waals surface area contributed by atoms with E-state index in [1.807, 2.05) is 30.3 Å². The first kappa shape index (κ1) is 16.8. The third kappa shape index (κ3) is 3.21. The molecule has 3 aromatic rings. The third-order valence-corrected chi connectivity index (χ3v) is 4.69. The lowest BCUT2D eigenvalue weighted by molar-refractivity contribution is -0.176. The quantitative estimate of drug-likeness (QED) is 0.678. The molecule has 1 atom stereocenters. The minimum atomic E-state index is -4.19. The fraction of sp³-hybridized carbons (Fsp3) is 0.316. The number of pyridine rings is 1. The maximum absolute atomic E-state index is 13.2. The van der Waals surface area contributed by atoms with Crippen LogP contribution in [-0.2, 0) is 0 Å². The molecular formula is C19H17F3N4. The molecule has 1 saturated heterocycles. The Hall–Kier alpha value is -2.70. The smallest absolute Gasteiger partial charge is 0.355 e. The van der Waals surface area contributed by atoms with Gasteiger partial charge in [0.1, 0.15) is 5.82 Å². The summed E-state index contributed by atoms with van der Waals surface area (Å²) in [5.74, 6) is -0.295. The van der Waals surface area contributed by atoms with Crippen molar-refractivity contribution in [3.05, 3.63) is 48.8 Å². The van der Waals surface area contributed by atoms with E-state index in [-0.39, 0.29) is 13.0 Å². The Bertz CT molecular complexity index is 912. The van der Waals surface area contributed by atoms with E-state index < -0.39 is 12.1 Å². The molecule has 2 aromatic heterocycles. The van der Waals surface area contributed by atoms with E-state index in [9.17, 15) is 13.2 Å². The standard InChI is InChI=1S/C19H17F3N4/c20-19(21,22)14-6-4-10-26(12-14)18-15-7-1-2-8-16(15)24-17(25-18)13-5-3-9-23-11-13/h1-3,5,7-9,11,14H,4,6,10,12H2/t14-/m0/s1. The highest BCUT2D eigenvalue weighted by Crippen LogP contribution is 2.36. The van der Waals surface area contributed by atoms with Gasteiger partial charge in [-0.25, -0.2) is 9.97 Å². The van der Waals surface area contributed by atoms with E-state index in [0.717, 1.165) is 10.9 Å². The Morgan fingerprint density at radius 3 is 2.65 bits per heavy atom. The highest BCUT2D eigenvalue weighted by atomic mass is 19.4. The lowest BCUT2D eigenvalue weighted by Crippen LogP contribution is -2.42. The van der Waals surface area contributed by atoms with Crippen LogP contribution in [0.25, 0.3) is 22.3 Å². The first-order valence-electron chi connectivity index (χ1n) is 8.51. The van der Waals surface area contributed by atoms with Gasteiger partial charge in [-0.3, -0.25) is 4.98 Å². The van der Waals surface area contributed by atoms with E-state index in [1.54, 1.807) is 23.4 Å². The van der Waals surface area contributed by atoms with Crippen LogP contribution in [0.3, 0.4) is 0 Å². The van der Waals surface area contributed by atoms with Crippen LogP contribution in [0.5, 0.6) is 0 Å². The Balaban J connectivity index is 1.81. The van der Waals surface area contributed by atoms with E-state index in [1.165, 1.54) is 0 Å². The molecular weight excluding hydrogens is 341 g/mol. The van der Waals surface area contributed by atoms with E-state index >= 15 is 0 Å². The fourth-order valence-electron chi connectivity index (χ4n) is 3.36. The minimum absolute atomic E-state index is 0.0724. The van der Waals surface area contributed by atoms with E-state index in [2.05, 4.69) is 15.0 Å². The summed E-state index contributed by atoms with van der Waals surface area (Å²) in [7, 11) is 0. The van der Waals surface area contributed by atoms with Gasteiger partial charge in [-0.15, -0.1) is 0 Å². The van der Waals surface area contributed by atoms with Crippen molar-refractivity contribution in [1.82, 2.24) is 15.0 Å². The summed E-state index contributed by atoms with van der Waals surface area (Å²) in [6, 6.07) is 11.1. The first-order valence-corrected chi connectivity index (χ1v) is 8.51. The Morgan fingerprint density at radius 2 is 1.88 bits per heavy atom. The number of rotatable bonds is 2. The summed E-state index contributed by atoms with van der Waals surface area (Å²) in [6.45, 7) is 0.483. The molecule has 0 amide bonds. The molecule has 0 spiro atoms. The summed E-state index contributed by atoms with van der Waals surface area (Å²) >= 11 is 0. The molecule has 0 N–H and O–H groups in total. The highest BCUT2D eigenvalue weighted by Gasteiger charge is 2.42. The van der Waals surface area contributed by atoms with Crippen molar-refractivity contribution in [2.24, 2.45) is 5.92 Å². The average Bonchev–Trinajstić information content (AvgIpc) is 2.67. The molecule has 1 aromatic carbocycles. The summed E-state index contributed by atoms with van der Waals surface area (Å²) in [6.07, 6.45) is -0.219. The summed E-state index contributed by atoms with van der Waals surface area (Å²) in [5, 5.41) is 0.767. The number of alkyl halides is 3. The van der Waals surface area contributed by atoms with E-state index in [0.29, 0.717) is 30.1 Å². The van der Waals surface area contributed by atoms with Crippen LogP contribution in [-0.4, -0.2) is 34.2 Å². The van der Waals surface area contributed by atoms with Crippen LogP contribution in [0.4, 0.5) is 19.0 Å². The number of benzene rings is 1. The number of nitrogens with zero attached hydrogens (tertiary/aromatic N) is 4. The number of aromatic nitrogens is 3. The maximum Gasteiger partial charge on any atom is 0.393 e. The first-order chi connectivity index (χ1) is 12.5. The van der Waals surface area contributed by atoms with Crippen LogP contribution in [0.1, 0.15) is 12.8 Å². The molecule has 0 bridgehead atoms. The van der Waals surface area contributed by atoms with Crippen molar-refractivity contribution >= 4 is 16.7 Å². The van der Waals surface area contributed by atoms with Gasteiger partial charge in [-0.1, -0.05) is 12.1 Å². The minimum Gasteiger partial charge on any atom is -0.355 e. The van der Waals surface area contributed by atoms with Gasteiger partial charge in [0.25, 0.3) is 0 Å². The lowest BCUT2D eigenvalue weighted by atomic mass is 9.97. The Labute approximate surface area is 148 Å². The lowest BCUT2D eigenvalue weighted by Gasteiger charge is -2.35. The van der Waals surface area contributed by atoms with Gasteiger partial charge in [-0.2, -0.15) is 13.2 Å². The highest BCUT2D eigenvalue weighted by molar-refractivity contribution is 5.91. The second-order valence-electron chi connectivity index (χ2n) is 6.46. The van der Waals surface area contributed by atoms with Gasteiger partial charge < -0.3 is 4.90 Å². The van der Waals surface area contributed by atoms with Crippen molar-refractivity contribution in [2.45, 2.75) is 19.0 Å². The van der Waals surface area contributed by atoms with Crippen LogP contribution in [0, 0.1) is 5.92 Å². The number of anilines is 1. The normalized spacial score (nSPS) is 18.3. The molecule has 1 aliphatic heterocycles. The Kier molecular flexibility index (Phi) is 4.22. The number of para-hydroxylation sites is 1. The van der Waals surface area contributed by atoms with Crippen LogP contribution in [0.15, 0.2) is 48.8 Å². The summed E-state index contributed by atoms with van der Waals surface area (Å²) in [5.41, 5.74) is 1.45. The fourth-order valence-corrected chi connectivity index (χ4v) is 3.36. The Morgan fingerprint density at radius 1 is 1.04 bits per heavy atom. The number of halogens is 3. The molecule has 0 aliphatic carbocycles. The molecule has 4 rings (SSSR count). The maximum atomic E-state index is 13.2. The third-order valence-electron chi connectivity index (χ3n) is 4.69. The monoisotopic (exact) mass is 358 g/mol. The van der Waals surface area contributed by atoms with Gasteiger partial charge in [0.2, 0.25) is 0 Å². The van der Waals surface area contributed by atoms with E-state index in [4.69, 9.17) is 0 Å². The summed E-state index contributed by atoms with van der Waals surface area (Å²) < 4.78 is 39.7. The molecule has 0 radical (unpaired) electrons. The van der Waals surface area contributed by atoms with Crippen molar-refractivity contribution in [3.8, 4) is 11.4 Å². The number of piperidine rings is 1. The molecule has 134 valence electrons. The molecule has 0 saturated carbocycles. The van der Waals surface area contributed by atoms with Gasteiger partial charge in [0, 0.05) is 36.4 Å². The SMILES string of the molecule is FC(F)(F)[C@H]1CCCN(c2nc(-c3cccnc3)nc3ccccc23)C1. The largest absolute Gasteiger partial charge is 0.393 e. The van der Waals surface area contributed by atoms with Crippen molar-refractivity contribution in [1.29, 1.82) is 0 Å². The average molecular weight is 358 g/mol. The zero-order chi connectivity index (χ0) is 18.1. The number of hydrogen-bond acceptors (Lipinski definition) is 4. The summed E-state index contributed by atoms with van der Waals surface area (Å²) in [4.78, 5) is 15.0. The predicted molar refractivity (Wildman–Crippen MR) is 93.8 cm³/mol. The van der Waals surface area contributed by atoms with Crippen molar-refractivity contribution in [3.63, 3.8) is 0 Å². The van der Waals surface area contributed by atoms with Gasteiger partial charge in [0.05, 0.1) is 11.4 Å². The van der Waals surface area contributed by atoms with Gasteiger partial charge >= 0.3 is 6.18 Å². The molecule has 7 heteroatoms. The molecule has 4 nitrogen and oxygen atoms in total. The second-order valence-corrected chi connectivity index (χ2v) is 6.46. The zero-order valence-electron chi connectivity index (χ0n) is 13.9. The molecule has 3 heterocycles. The van der Waals surface area contributed by atoms with Crippen LogP contribution < -0.4 is 4.90 Å². The molecule has 0 unspecified atom stereocenters. The van der Waals surface area contributed by atoms with Crippen molar-refractivity contribution < 1.29 is 13.2 Å².